The molecule has 2 atom stereocenters. The molecule has 0 saturated heterocycles. The van der Waals surface area contributed by atoms with Gasteiger partial charge in [-0.25, -0.2) is 0 Å². The third-order valence-electron chi connectivity index (χ3n) is 4.92. The van der Waals surface area contributed by atoms with E-state index in [2.05, 4.69) is 30.4 Å². The van der Waals surface area contributed by atoms with Crippen molar-refractivity contribution in [2.75, 3.05) is 0 Å². The van der Waals surface area contributed by atoms with E-state index in [1.54, 1.807) is 6.92 Å². The first-order valence-electron chi connectivity index (χ1n) is 9.31. The molecule has 0 heterocycles. The van der Waals surface area contributed by atoms with Gasteiger partial charge in [-0.2, -0.15) is 0 Å². The number of carbonyl (C=O) groups is 1. The van der Waals surface area contributed by atoms with E-state index >= 15 is 0 Å². The van der Waals surface area contributed by atoms with Gasteiger partial charge in [-0.3, -0.25) is 4.79 Å². The zero-order chi connectivity index (χ0) is 17.6. The molecular formula is C22H27NO2. The minimum atomic E-state index is -0.519. The molecule has 3 nitrogen and oxygen atoms in total. The van der Waals surface area contributed by atoms with Crippen molar-refractivity contribution in [2.24, 2.45) is 0 Å². The summed E-state index contributed by atoms with van der Waals surface area (Å²) in [4.78, 5) is 12.5. The minimum absolute atomic E-state index is 0.0292. The van der Waals surface area contributed by atoms with Crippen LogP contribution in [0.15, 0.2) is 48.5 Å². The van der Waals surface area contributed by atoms with Crippen LogP contribution in [0.5, 0.6) is 5.75 Å². The van der Waals surface area contributed by atoms with E-state index in [4.69, 9.17) is 4.74 Å². The number of carbonyl (C=O) groups excluding carboxylic acids is 1. The second-order valence-corrected chi connectivity index (χ2v) is 6.78. The fourth-order valence-corrected chi connectivity index (χ4v) is 3.44. The molecule has 2 aromatic carbocycles. The van der Waals surface area contributed by atoms with Crippen molar-refractivity contribution in [3.63, 3.8) is 0 Å². The Hall–Kier alpha value is -2.29. The van der Waals surface area contributed by atoms with E-state index in [9.17, 15) is 4.79 Å². The van der Waals surface area contributed by atoms with Crippen LogP contribution in [0, 0.1) is 0 Å². The van der Waals surface area contributed by atoms with Crippen LogP contribution < -0.4 is 10.1 Å². The normalized spacial score (nSPS) is 15.8. The minimum Gasteiger partial charge on any atom is -0.481 e. The Balaban J connectivity index is 1.66. The average molecular weight is 337 g/mol. The maximum Gasteiger partial charge on any atom is 0.261 e. The van der Waals surface area contributed by atoms with Crippen molar-refractivity contribution < 1.29 is 9.53 Å². The fourth-order valence-electron chi connectivity index (χ4n) is 3.44. The Morgan fingerprint density at radius 3 is 2.52 bits per heavy atom. The zero-order valence-corrected chi connectivity index (χ0v) is 15.1. The maximum absolute atomic E-state index is 12.5. The van der Waals surface area contributed by atoms with Crippen LogP contribution in [0.4, 0.5) is 0 Å². The molecule has 25 heavy (non-hydrogen) atoms. The number of benzene rings is 2. The first kappa shape index (κ1) is 17.5. The third-order valence-corrected chi connectivity index (χ3v) is 4.92. The molecule has 1 N–H and O–H groups in total. The Morgan fingerprint density at radius 2 is 1.80 bits per heavy atom. The van der Waals surface area contributed by atoms with Gasteiger partial charge in [0.25, 0.3) is 5.91 Å². The summed E-state index contributed by atoms with van der Waals surface area (Å²) in [5, 5.41) is 3.15. The summed E-state index contributed by atoms with van der Waals surface area (Å²) >= 11 is 0. The standard InChI is InChI=1S/C22H27NO2/c1-3-21(19-14-13-17-9-7-8-10-18(17)15-19)23-22(24)16(2)25-20-11-5-4-6-12-20/h4-6,11-16,21H,3,7-10H2,1-2H3,(H,23,24). The van der Waals surface area contributed by atoms with E-state index in [0.29, 0.717) is 5.75 Å². The number of rotatable bonds is 6. The van der Waals surface area contributed by atoms with Crippen molar-refractivity contribution in [3.05, 3.63) is 65.2 Å². The molecule has 1 amide bonds. The average Bonchev–Trinajstić information content (AvgIpc) is 2.66. The predicted molar refractivity (Wildman–Crippen MR) is 101 cm³/mol. The summed E-state index contributed by atoms with van der Waals surface area (Å²) in [7, 11) is 0. The van der Waals surface area contributed by atoms with Crippen LogP contribution in [0.1, 0.15) is 55.8 Å². The van der Waals surface area contributed by atoms with Crippen molar-refractivity contribution >= 4 is 5.91 Å². The van der Waals surface area contributed by atoms with Gasteiger partial charge in [-0.05, 0) is 67.9 Å². The predicted octanol–water partition coefficient (Wildman–Crippen LogP) is 4.60. The van der Waals surface area contributed by atoms with Gasteiger partial charge in [0, 0.05) is 0 Å². The molecule has 3 heteroatoms. The van der Waals surface area contributed by atoms with E-state index in [1.165, 1.54) is 36.0 Å². The van der Waals surface area contributed by atoms with Crippen molar-refractivity contribution in [2.45, 2.75) is 58.1 Å². The van der Waals surface area contributed by atoms with Crippen LogP contribution in [0.25, 0.3) is 0 Å². The summed E-state index contributed by atoms with van der Waals surface area (Å²) in [6.07, 6.45) is 5.23. The van der Waals surface area contributed by atoms with Crippen LogP contribution in [0.3, 0.4) is 0 Å². The number of hydrogen-bond donors (Lipinski definition) is 1. The second-order valence-electron chi connectivity index (χ2n) is 6.78. The van der Waals surface area contributed by atoms with Crippen LogP contribution >= 0.6 is 0 Å². The highest BCUT2D eigenvalue weighted by Gasteiger charge is 2.20. The molecule has 0 aromatic heterocycles. The Morgan fingerprint density at radius 1 is 1.08 bits per heavy atom. The van der Waals surface area contributed by atoms with E-state index in [0.717, 1.165) is 12.8 Å². The molecule has 0 spiro atoms. The van der Waals surface area contributed by atoms with Crippen LogP contribution in [-0.4, -0.2) is 12.0 Å². The second kappa shape index (κ2) is 8.19. The lowest BCUT2D eigenvalue weighted by atomic mass is 9.89. The molecule has 3 rings (SSSR count). The molecule has 0 aliphatic heterocycles. The Bertz CT molecular complexity index is 711. The molecular weight excluding hydrogens is 310 g/mol. The third kappa shape index (κ3) is 4.41. The van der Waals surface area contributed by atoms with E-state index in [-0.39, 0.29) is 11.9 Å². The summed E-state index contributed by atoms with van der Waals surface area (Å²) < 4.78 is 5.74. The molecule has 2 unspecified atom stereocenters. The SMILES string of the molecule is CCC(NC(=O)C(C)Oc1ccccc1)c1ccc2c(c1)CCCC2. The van der Waals surface area contributed by atoms with E-state index in [1.807, 2.05) is 30.3 Å². The lowest BCUT2D eigenvalue weighted by molar-refractivity contribution is -0.128. The maximum atomic E-state index is 12.5. The number of hydrogen-bond acceptors (Lipinski definition) is 2. The zero-order valence-electron chi connectivity index (χ0n) is 15.1. The van der Waals surface area contributed by atoms with Crippen molar-refractivity contribution in [1.82, 2.24) is 5.32 Å². The molecule has 132 valence electrons. The molecule has 1 aliphatic rings. The lowest BCUT2D eigenvalue weighted by Gasteiger charge is -2.23. The first-order chi connectivity index (χ1) is 12.2. The van der Waals surface area contributed by atoms with Crippen molar-refractivity contribution in [1.29, 1.82) is 0 Å². The molecule has 0 bridgehead atoms. The van der Waals surface area contributed by atoms with Gasteiger partial charge in [-0.15, -0.1) is 0 Å². The van der Waals surface area contributed by atoms with Gasteiger partial charge in [0.05, 0.1) is 6.04 Å². The highest BCUT2D eigenvalue weighted by atomic mass is 16.5. The number of amides is 1. The first-order valence-corrected chi connectivity index (χ1v) is 9.31. The molecule has 2 aromatic rings. The van der Waals surface area contributed by atoms with Crippen LogP contribution in [-0.2, 0) is 17.6 Å². The van der Waals surface area contributed by atoms with Gasteiger partial charge < -0.3 is 10.1 Å². The quantitative estimate of drug-likeness (QED) is 0.836. The summed E-state index contributed by atoms with van der Waals surface area (Å²) in [6.45, 7) is 3.90. The number of ether oxygens (including phenoxy) is 1. The topological polar surface area (TPSA) is 38.3 Å². The van der Waals surface area contributed by atoms with Gasteiger partial charge >= 0.3 is 0 Å². The van der Waals surface area contributed by atoms with Gasteiger partial charge in [0.2, 0.25) is 0 Å². The molecule has 1 aliphatic carbocycles. The van der Waals surface area contributed by atoms with Crippen molar-refractivity contribution in [3.8, 4) is 5.75 Å². The lowest BCUT2D eigenvalue weighted by Crippen LogP contribution is -2.38. The number of para-hydroxylation sites is 1. The largest absolute Gasteiger partial charge is 0.481 e. The number of nitrogens with one attached hydrogen (secondary N) is 1. The van der Waals surface area contributed by atoms with E-state index < -0.39 is 6.10 Å². The smallest absolute Gasteiger partial charge is 0.261 e. The summed E-state index contributed by atoms with van der Waals surface area (Å²) in [5.74, 6) is 0.639. The fraction of sp³-hybridized carbons (Fsp3) is 0.409. The summed E-state index contributed by atoms with van der Waals surface area (Å²) in [5.41, 5.74) is 4.12. The monoisotopic (exact) mass is 337 g/mol. The molecule has 0 radical (unpaired) electrons. The number of fused-ring (bicyclic) bond motifs is 1. The van der Waals surface area contributed by atoms with Gasteiger partial charge in [-0.1, -0.05) is 43.3 Å². The molecule has 0 fully saturated rings. The van der Waals surface area contributed by atoms with Gasteiger partial charge in [0.15, 0.2) is 6.10 Å². The highest BCUT2D eigenvalue weighted by molar-refractivity contribution is 5.81. The van der Waals surface area contributed by atoms with Crippen LogP contribution in [0.2, 0.25) is 0 Å². The highest BCUT2D eigenvalue weighted by Crippen LogP contribution is 2.26. The number of aryl methyl sites for hydroxylation is 2. The molecule has 0 saturated carbocycles. The Kier molecular flexibility index (Phi) is 5.75. The summed E-state index contributed by atoms with van der Waals surface area (Å²) in [6, 6.07) is 16.2. The Labute approximate surface area is 150 Å². The van der Waals surface area contributed by atoms with Gasteiger partial charge in [0.1, 0.15) is 5.75 Å².